The van der Waals surface area contributed by atoms with E-state index in [4.69, 9.17) is 14.5 Å². The molecule has 1 aliphatic rings. The van der Waals surface area contributed by atoms with Gasteiger partial charge in [-0.1, -0.05) is 42.5 Å². The molecule has 9 heteroatoms. The van der Waals surface area contributed by atoms with E-state index >= 15 is 0 Å². The molecule has 0 radical (unpaired) electrons. The van der Waals surface area contributed by atoms with E-state index in [0.29, 0.717) is 30.5 Å². The number of likely N-dealkylation sites (N-methyl/N-ethyl adjacent to an activating group) is 1. The maximum absolute atomic E-state index is 13.2. The van der Waals surface area contributed by atoms with Crippen molar-refractivity contribution in [3.8, 4) is 11.5 Å². The zero-order valence-electron chi connectivity index (χ0n) is 28.4. The Kier molecular flexibility index (Phi) is 11.4. The molecule has 1 N–H and O–H groups in total. The van der Waals surface area contributed by atoms with Gasteiger partial charge in [-0.05, 0) is 98.5 Å². The molecule has 6 rings (SSSR count). The van der Waals surface area contributed by atoms with Gasteiger partial charge in [0.2, 0.25) is 5.95 Å². The third-order valence-electron chi connectivity index (χ3n) is 9.43. The number of aromatic nitrogens is 2. The predicted molar refractivity (Wildman–Crippen MR) is 193 cm³/mol. The summed E-state index contributed by atoms with van der Waals surface area (Å²) in [5, 5.41) is 3.77. The third kappa shape index (κ3) is 8.97. The first kappa shape index (κ1) is 34.0. The average Bonchev–Trinajstić information content (AvgIpc) is 3.49. The maximum Gasteiger partial charge on any atom is 0.253 e. The van der Waals surface area contributed by atoms with E-state index in [-0.39, 0.29) is 17.6 Å². The van der Waals surface area contributed by atoms with E-state index in [1.807, 2.05) is 66.5 Å². The molecule has 0 bridgehead atoms. The number of methoxy groups -OCH3 is 1. The molecule has 5 aromatic rings. The number of imidazole rings is 1. The van der Waals surface area contributed by atoms with Crippen LogP contribution in [0.25, 0.3) is 11.0 Å². The second-order valence-corrected chi connectivity index (χ2v) is 12.8. The number of nitrogens with one attached hydrogen (secondary N) is 1. The minimum Gasteiger partial charge on any atom is -0.497 e. The highest BCUT2D eigenvalue weighted by atomic mass is 19.1. The van der Waals surface area contributed by atoms with Gasteiger partial charge in [0.05, 0.1) is 24.8 Å². The summed E-state index contributed by atoms with van der Waals surface area (Å²) in [6.45, 7) is 4.89. The third-order valence-corrected chi connectivity index (χ3v) is 9.43. The van der Waals surface area contributed by atoms with Crippen molar-refractivity contribution in [1.29, 1.82) is 0 Å². The van der Waals surface area contributed by atoms with Crippen LogP contribution in [0.1, 0.15) is 47.5 Å². The fourth-order valence-electron chi connectivity index (χ4n) is 6.63. The summed E-state index contributed by atoms with van der Waals surface area (Å²) in [5.74, 6) is 2.37. The Labute approximate surface area is 288 Å². The van der Waals surface area contributed by atoms with E-state index in [9.17, 15) is 9.18 Å². The summed E-state index contributed by atoms with van der Waals surface area (Å²) in [6.07, 6.45) is 3.80. The van der Waals surface area contributed by atoms with E-state index in [0.717, 1.165) is 74.6 Å². The van der Waals surface area contributed by atoms with Gasteiger partial charge in [-0.25, -0.2) is 9.37 Å². The number of carbonyl (C=O) groups excluding carboxylic acids is 1. The van der Waals surface area contributed by atoms with Crippen molar-refractivity contribution in [2.24, 2.45) is 0 Å². The second-order valence-electron chi connectivity index (χ2n) is 12.8. The van der Waals surface area contributed by atoms with Gasteiger partial charge in [-0.3, -0.25) is 4.79 Å². The summed E-state index contributed by atoms with van der Waals surface area (Å²) in [5.41, 5.74) is 4.00. The normalized spacial score (nSPS) is 14.4. The van der Waals surface area contributed by atoms with E-state index in [1.54, 1.807) is 19.2 Å². The van der Waals surface area contributed by atoms with Gasteiger partial charge in [-0.15, -0.1) is 0 Å². The number of hydrogen-bond donors (Lipinski definition) is 1. The number of nitrogens with zero attached hydrogens (tertiary/aromatic N) is 4. The molecule has 2 heterocycles. The van der Waals surface area contributed by atoms with Crippen LogP contribution in [0.5, 0.6) is 11.5 Å². The summed E-state index contributed by atoms with van der Waals surface area (Å²) >= 11 is 0. The zero-order chi connectivity index (χ0) is 34.0. The number of hydrogen-bond acceptors (Lipinski definition) is 6. The number of para-hydroxylation sites is 2. The van der Waals surface area contributed by atoms with Gasteiger partial charge in [0, 0.05) is 50.7 Å². The number of carbonyl (C=O) groups is 1. The van der Waals surface area contributed by atoms with Gasteiger partial charge in [0.25, 0.3) is 5.91 Å². The summed E-state index contributed by atoms with van der Waals surface area (Å²) < 4.78 is 26.8. The minimum atomic E-state index is -0.267. The van der Waals surface area contributed by atoms with Crippen molar-refractivity contribution >= 4 is 22.9 Å². The molecule has 8 nitrogen and oxygen atoms in total. The van der Waals surface area contributed by atoms with Gasteiger partial charge < -0.3 is 29.2 Å². The summed E-state index contributed by atoms with van der Waals surface area (Å²) in [4.78, 5) is 22.5. The van der Waals surface area contributed by atoms with E-state index in [2.05, 4.69) is 39.0 Å². The molecule has 0 aliphatic carbocycles. The van der Waals surface area contributed by atoms with Gasteiger partial charge in [0.1, 0.15) is 17.3 Å². The topological polar surface area (TPSA) is 71.9 Å². The first-order valence-electron chi connectivity index (χ1n) is 17.2. The maximum atomic E-state index is 13.2. The van der Waals surface area contributed by atoms with Crippen LogP contribution in [0, 0.1) is 5.82 Å². The molecule has 1 fully saturated rings. The Morgan fingerprint density at radius 3 is 2.35 bits per heavy atom. The number of anilines is 1. The molecule has 256 valence electrons. The zero-order valence-corrected chi connectivity index (χ0v) is 28.4. The van der Waals surface area contributed by atoms with Crippen molar-refractivity contribution in [2.75, 3.05) is 52.3 Å². The van der Waals surface area contributed by atoms with Crippen LogP contribution in [0.15, 0.2) is 103 Å². The molecular formula is C40H46FN5O3. The number of aryl methyl sites for hydroxylation is 1. The van der Waals surface area contributed by atoms with Gasteiger partial charge >= 0.3 is 0 Å². The number of rotatable bonds is 15. The predicted octanol–water partition coefficient (Wildman–Crippen LogP) is 7.48. The van der Waals surface area contributed by atoms with Gasteiger partial charge in [-0.2, -0.15) is 0 Å². The smallest absolute Gasteiger partial charge is 0.253 e. The fourth-order valence-corrected chi connectivity index (χ4v) is 6.63. The highest BCUT2D eigenvalue weighted by Crippen LogP contribution is 2.27. The largest absolute Gasteiger partial charge is 0.497 e. The monoisotopic (exact) mass is 663 g/mol. The standard InChI is InChI=1S/C40H46FN5O3/c1-44(39(47)31-9-4-3-5-10-31)29-32(30-13-17-35(48-2)18-14-30)21-25-45-26-22-34(23-27-45)42-40-43-37-11-6-7-12-38(37)46(40)24-8-28-49-36-19-15-33(41)16-20-36/h3-7,9-20,32,34H,8,21-29H2,1-2H3,(H,42,43). The average molecular weight is 664 g/mol. The van der Waals surface area contributed by atoms with Crippen LogP contribution in [-0.4, -0.2) is 78.2 Å². The first-order chi connectivity index (χ1) is 24.0. The lowest BCUT2D eigenvalue weighted by Crippen LogP contribution is -2.40. The number of likely N-dealkylation sites (tertiary alicyclic amines) is 1. The quantitative estimate of drug-likeness (QED) is 0.117. The molecule has 1 unspecified atom stereocenters. The Balaban J connectivity index is 1.04. The number of fused-ring (bicyclic) bond motifs is 1. The van der Waals surface area contributed by atoms with Crippen molar-refractivity contribution in [1.82, 2.24) is 19.4 Å². The van der Waals surface area contributed by atoms with Crippen molar-refractivity contribution < 1.29 is 18.7 Å². The molecule has 1 aromatic heterocycles. The van der Waals surface area contributed by atoms with Crippen LogP contribution < -0.4 is 14.8 Å². The van der Waals surface area contributed by atoms with E-state index in [1.165, 1.54) is 17.7 Å². The Bertz CT molecular complexity index is 1770. The fraction of sp³-hybridized carbons (Fsp3) is 0.350. The number of piperidine rings is 1. The number of ether oxygens (including phenoxy) is 2. The lowest BCUT2D eigenvalue weighted by molar-refractivity contribution is 0.0782. The molecule has 0 saturated carbocycles. The molecular weight excluding hydrogens is 617 g/mol. The summed E-state index contributed by atoms with van der Waals surface area (Å²) in [6, 6.07) is 32.5. The molecule has 1 aliphatic heterocycles. The van der Waals surface area contributed by atoms with Crippen molar-refractivity contribution in [3.05, 3.63) is 120 Å². The van der Waals surface area contributed by atoms with Crippen LogP contribution in [0.3, 0.4) is 0 Å². The van der Waals surface area contributed by atoms with Crippen LogP contribution >= 0.6 is 0 Å². The van der Waals surface area contributed by atoms with Crippen molar-refractivity contribution in [3.63, 3.8) is 0 Å². The lowest BCUT2D eigenvalue weighted by Gasteiger charge is -2.34. The SMILES string of the molecule is COc1ccc(C(CCN2CCC(Nc3nc4ccccc4n3CCCOc3ccc(F)cc3)CC2)CN(C)C(=O)c2ccccc2)cc1. The summed E-state index contributed by atoms with van der Waals surface area (Å²) in [7, 11) is 3.58. The number of benzene rings is 4. The Morgan fingerprint density at radius 2 is 1.61 bits per heavy atom. The van der Waals surface area contributed by atoms with E-state index < -0.39 is 0 Å². The van der Waals surface area contributed by atoms with Crippen LogP contribution in [0.2, 0.25) is 0 Å². The Hall–Kier alpha value is -4.89. The van der Waals surface area contributed by atoms with Crippen molar-refractivity contribution in [2.45, 2.75) is 44.2 Å². The molecule has 0 spiro atoms. The molecule has 1 amide bonds. The molecule has 1 saturated heterocycles. The molecule has 49 heavy (non-hydrogen) atoms. The number of amides is 1. The number of halogens is 1. The highest BCUT2D eigenvalue weighted by Gasteiger charge is 2.24. The van der Waals surface area contributed by atoms with Crippen LogP contribution in [0.4, 0.5) is 10.3 Å². The molecule has 1 atom stereocenters. The van der Waals surface area contributed by atoms with Gasteiger partial charge in [0.15, 0.2) is 0 Å². The first-order valence-corrected chi connectivity index (χ1v) is 17.2. The Morgan fingerprint density at radius 1 is 0.918 bits per heavy atom. The van der Waals surface area contributed by atoms with Crippen LogP contribution in [-0.2, 0) is 6.54 Å². The molecule has 4 aromatic carbocycles. The highest BCUT2D eigenvalue weighted by molar-refractivity contribution is 5.94. The lowest BCUT2D eigenvalue weighted by atomic mass is 9.94. The second kappa shape index (κ2) is 16.5. The minimum absolute atomic E-state index is 0.0393.